The lowest BCUT2D eigenvalue weighted by molar-refractivity contribution is 0.350. The highest BCUT2D eigenvalue weighted by molar-refractivity contribution is 7.97. The molecule has 0 aliphatic rings. The van der Waals surface area contributed by atoms with Crippen molar-refractivity contribution in [3.63, 3.8) is 0 Å². The minimum atomic E-state index is -0.288. The van der Waals surface area contributed by atoms with Crippen molar-refractivity contribution in [1.82, 2.24) is 20.1 Å². The van der Waals surface area contributed by atoms with Gasteiger partial charge >= 0.3 is 0 Å². The van der Waals surface area contributed by atoms with E-state index in [1.165, 1.54) is 0 Å². The van der Waals surface area contributed by atoms with Crippen molar-refractivity contribution >= 4 is 11.8 Å². The van der Waals surface area contributed by atoms with Crippen molar-refractivity contribution in [1.29, 1.82) is 0 Å². The summed E-state index contributed by atoms with van der Waals surface area (Å²) in [6.45, 7) is 0. The Bertz CT molecular complexity index is 427. The molecule has 0 amide bonds. The number of nitrogens with zero attached hydrogens (tertiary/aromatic N) is 3. The fourth-order valence-corrected chi connectivity index (χ4v) is 1.70. The normalized spacial score (nSPS) is 12.9. The van der Waals surface area contributed by atoms with Crippen LogP contribution in [-0.2, 0) is 12.2 Å². The standard InChI is InChI=1S/C9H13N5OS/c1-16-4-8-13-9(15-14-8)7(10)2-6-3-11-5-12-6/h3,5,7H,2,4,10H2,1H3,(H,11,12)/t7-/m0/s1. The Morgan fingerprint density at radius 3 is 3.19 bits per heavy atom. The zero-order valence-corrected chi connectivity index (χ0v) is 9.70. The summed E-state index contributed by atoms with van der Waals surface area (Å²) in [5, 5.41) is 3.84. The van der Waals surface area contributed by atoms with Gasteiger partial charge in [-0.25, -0.2) is 4.98 Å². The van der Waals surface area contributed by atoms with E-state index in [9.17, 15) is 0 Å². The van der Waals surface area contributed by atoms with Gasteiger partial charge in [-0.1, -0.05) is 5.16 Å². The smallest absolute Gasteiger partial charge is 0.243 e. The van der Waals surface area contributed by atoms with Crippen molar-refractivity contribution in [2.24, 2.45) is 5.73 Å². The lowest BCUT2D eigenvalue weighted by atomic mass is 10.2. The Morgan fingerprint density at radius 2 is 2.50 bits per heavy atom. The summed E-state index contributed by atoms with van der Waals surface area (Å²) >= 11 is 1.64. The van der Waals surface area contributed by atoms with E-state index >= 15 is 0 Å². The predicted octanol–water partition coefficient (Wildman–Crippen LogP) is 0.898. The molecule has 2 rings (SSSR count). The van der Waals surface area contributed by atoms with E-state index in [4.69, 9.17) is 10.3 Å². The Morgan fingerprint density at radius 1 is 1.62 bits per heavy atom. The van der Waals surface area contributed by atoms with E-state index in [-0.39, 0.29) is 6.04 Å². The largest absolute Gasteiger partial charge is 0.348 e. The summed E-state index contributed by atoms with van der Waals surface area (Å²) in [4.78, 5) is 11.1. The maximum absolute atomic E-state index is 5.94. The van der Waals surface area contributed by atoms with Crippen LogP contribution in [0.4, 0.5) is 0 Å². The van der Waals surface area contributed by atoms with Crippen LogP contribution >= 0.6 is 11.8 Å². The first-order valence-electron chi connectivity index (χ1n) is 4.84. The Kier molecular flexibility index (Phi) is 3.58. The van der Waals surface area contributed by atoms with Crippen LogP contribution in [-0.4, -0.2) is 26.4 Å². The molecule has 2 heterocycles. The zero-order valence-electron chi connectivity index (χ0n) is 8.88. The quantitative estimate of drug-likeness (QED) is 0.805. The van der Waals surface area contributed by atoms with Gasteiger partial charge in [0.1, 0.15) is 0 Å². The van der Waals surface area contributed by atoms with Gasteiger partial charge in [-0.3, -0.25) is 0 Å². The highest BCUT2D eigenvalue weighted by atomic mass is 32.2. The van der Waals surface area contributed by atoms with Crippen molar-refractivity contribution in [3.05, 3.63) is 29.9 Å². The van der Waals surface area contributed by atoms with Gasteiger partial charge in [-0.15, -0.1) is 0 Å². The second-order valence-corrected chi connectivity index (χ2v) is 4.24. The van der Waals surface area contributed by atoms with Crippen LogP contribution in [0.15, 0.2) is 17.0 Å². The number of thioether (sulfide) groups is 1. The molecule has 0 bridgehead atoms. The summed E-state index contributed by atoms with van der Waals surface area (Å²) in [6.07, 6.45) is 5.95. The predicted molar refractivity (Wildman–Crippen MR) is 60.7 cm³/mol. The minimum Gasteiger partial charge on any atom is -0.348 e. The molecule has 6 nitrogen and oxygen atoms in total. The maximum Gasteiger partial charge on any atom is 0.243 e. The molecule has 0 aliphatic heterocycles. The molecule has 7 heteroatoms. The molecule has 0 fully saturated rings. The Balaban J connectivity index is 2.00. The molecule has 0 saturated carbocycles. The number of imidazole rings is 1. The summed E-state index contributed by atoms with van der Waals surface area (Å²) < 4.78 is 5.09. The summed E-state index contributed by atoms with van der Waals surface area (Å²) in [7, 11) is 0. The van der Waals surface area contributed by atoms with Crippen LogP contribution in [0.25, 0.3) is 0 Å². The monoisotopic (exact) mass is 239 g/mol. The van der Waals surface area contributed by atoms with Gasteiger partial charge in [-0.2, -0.15) is 16.7 Å². The van der Waals surface area contributed by atoms with Crippen LogP contribution in [0.5, 0.6) is 0 Å². The van der Waals surface area contributed by atoms with Crippen LogP contribution in [0.2, 0.25) is 0 Å². The fraction of sp³-hybridized carbons (Fsp3) is 0.444. The van der Waals surface area contributed by atoms with Crippen LogP contribution in [0.3, 0.4) is 0 Å². The number of nitrogens with one attached hydrogen (secondary N) is 1. The molecule has 0 radical (unpaired) electrons. The van der Waals surface area contributed by atoms with Crippen molar-refractivity contribution < 1.29 is 4.52 Å². The van der Waals surface area contributed by atoms with E-state index in [1.807, 2.05) is 6.26 Å². The molecule has 2 aromatic rings. The number of hydrogen-bond donors (Lipinski definition) is 2. The van der Waals surface area contributed by atoms with E-state index < -0.39 is 0 Å². The highest BCUT2D eigenvalue weighted by Gasteiger charge is 2.15. The first kappa shape index (κ1) is 11.2. The van der Waals surface area contributed by atoms with Gasteiger partial charge < -0.3 is 15.2 Å². The topological polar surface area (TPSA) is 93.6 Å². The second kappa shape index (κ2) is 5.13. The molecule has 0 saturated heterocycles. The summed E-state index contributed by atoms with van der Waals surface area (Å²) in [5.74, 6) is 1.89. The second-order valence-electron chi connectivity index (χ2n) is 3.37. The first-order valence-corrected chi connectivity index (χ1v) is 6.23. The zero-order chi connectivity index (χ0) is 11.4. The van der Waals surface area contributed by atoms with E-state index in [2.05, 4.69) is 20.1 Å². The van der Waals surface area contributed by atoms with Gasteiger partial charge in [0.15, 0.2) is 5.82 Å². The molecular formula is C9H13N5OS. The fourth-order valence-electron chi connectivity index (χ4n) is 1.33. The maximum atomic E-state index is 5.94. The Hall–Kier alpha value is -1.34. The van der Waals surface area contributed by atoms with Crippen molar-refractivity contribution in [3.8, 4) is 0 Å². The molecule has 1 atom stereocenters. The molecule has 0 spiro atoms. The third-order valence-corrected chi connectivity index (χ3v) is 2.62. The molecule has 16 heavy (non-hydrogen) atoms. The molecule has 0 aromatic carbocycles. The average molecular weight is 239 g/mol. The highest BCUT2D eigenvalue weighted by Crippen LogP contribution is 2.14. The van der Waals surface area contributed by atoms with E-state index in [0.29, 0.717) is 18.1 Å². The van der Waals surface area contributed by atoms with Crippen LogP contribution in [0, 0.1) is 0 Å². The van der Waals surface area contributed by atoms with Gasteiger partial charge in [0.05, 0.1) is 18.1 Å². The van der Waals surface area contributed by atoms with E-state index in [1.54, 1.807) is 24.3 Å². The lowest BCUT2D eigenvalue weighted by Gasteiger charge is -2.03. The van der Waals surface area contributed by atoms with Gasteiger partial charge in [0.25, 0.3) is 0 Å². The van der Waals surface area contributed by atoms with Crippen molar-refractivity contribution in [2.75, 3.05) is 6.26 Å². The molecule has 3 N–H and O–H groups in total. The van der Waals surface area contributed by atoms with Crippen LogP contribution in [0.1, 0.15) is 23.5 Å². The third kappa shape index (κ3) is 2.61. The third-order valence-electron chi connectivity index (χ3n) is 2.07. The number of aromatic amines is 1. The summed E-state index contributed by atoms with van der Waals surface area (Å²) in [6, 6.07) is -0.288. The number of nitrogens with two attached hydrogens (primary N) is 1. The molecule has 2 aromatic heterocycles. The van der Waals surface area contributed by atoms with Gasteiger partial charge in [-0.05, 0) is 6.26 Å². The van der Waals surface area contributed by atoms with E-state index in [0.717, 1.165) is 11.4 Å². The average Bonchev–Trinajstić information content (AvgIpc) is 2.89. The minimum absolute atomic E-state index is 0.288. The number of H-pyrrole nitrogens is 1. The van der Waals surface area contributed by atoms with Crippen molar-refractivity contribution in [2.45, 2.75) is 18.2 Å². The lowest BCUT2D eigenvalue weighted by Crippen LogP contribution is -2.14. The molecule has 0 aliphatic carbocycles. The van der Waals surface area contributed by atoms with Gasteiger partial charge in [0, 0.05) is 18.3 Å². The first-order chi connectivity index (χ1) is 7.79. The van der Waals surface area contributed by atoms with Crippen LogP contribution < -0.4 is 5.73 Å². The van der Waals surface area contributed by atoms with Gasteiger partial charge in [0.2, 0.25) is 5.89 Å². The Labute approximate surface area is 97.0 Å². The summed E-state index contributed by atoms with van der Waals surface area (Å²) in [5.41, 5.74) is 6.90. The molecule has 86 valence electrons. The number of aromatic nitrogens is 4. The number of rotatable bonds is 5. The molecule has 0 unspecified atom stereocenters. The SMILES string of the molecule is CSCc1noc([C@@H](N)Cc2cnc[nH]2)n1. The number of hydrogen-bond acceptors (Lipinski definition) is 6. The molecular weight excluding hydrogens is 226 g/mol.